The van der Waals surface area contributed by atoms with Crippen molar-refractivity contribution in [1.29, 1.82) is 0 Å². The van der Waals surface area contributed by atoms with Crippen LogP contribution in [0.25, 0.3) is 0 Å². The van der Waals surface area contributed by atoms with Crippen LogP contribution in [0.1, 0.15) is 16.7 Å². The SMILES string of the molecule is CN=C(NCc1cccc(F)c1)NCc1ccc(C)cc1OC.I. The molecule has 2 rings (SSSR count). The van der Waals surface area contributed by atoms with Crippen LogP contribution in [0.2, 0.25) is 0 Å². The van der Waals surface area contributed by atoms with E-state index in [1.54, 1.807) is 20.2 Å². The Kier molecular flexibility index (Phi) is 8.53. The maximum atomic E-state index is 13.2. The highest BCUT2D eigenvalue weighted by atomic mass is 127. The third-order valence-corrected chi connectivity index (χ3v) is 3.46. The molecule has 130 valence electrons. The zero-order valence-corrected chi connectivity index (χ0v) is 16.4. The number of halogens is 2. The first-order valence-corrected chi connectivity index (χ1v) is 7.45. The molecule has 0 aliphatic carbocycles. The van der Waals surface area contributed by atoms with Gasteiger partial charge in [-0.2, -0.15) is 0 Å². The number of nitrogens with zero attached hydrogens (tertiary/aromatic N) is 1. The molecule has 24 heavy (non-hydrogen) atoms. The fourth-order valence-electron chi connectivity index (χ4n) is 2.23. The van der Waals surface area contributed by atoms with E-state index in [2.05, 4.69) is 15.6 Å². The van der Waals surface area contributed by atoms with Crippen molar-refractivity contribution in [2.24, 2.45) is 4.99 Å². The van der Waals surface area contributed by atoms with E-state index in [1.807, 2.05) is 31.2 Å². The van der Waals surface area contributed by atoms with Gasteiger partial charge in [0.25, 0.3) is 0 Å². The van der Waals surface area contributed by atoms with Gasteiger partial charge in [-0.05, 0) is 36.2 Å². The smallest absolute Gasteiger partial charge is 0.191 e. The van der Waals surface area contributed by atoms with Gasteiger partial charge in [0, 0.05) is 25.7 Å². The van der Waals surface area contributed by atoms with Crippen molar-refractivity contribution in [2.45, 2.75) is 20.0 Å². The lowest BCUT2D eigenvalue weighted by Crippen LogP contribution is -2.36. The van der Waals surface area contributed by atoms with Crippen molar-refractivity contribution in [3.8, 4) is 5.75 Å². The summed E-state index contributed by atoms with van der Waals surface area (Å²) in [5, 5.41) is 6.39. The third kappa shape index (κ3) is 5.99. The van der Waals surface area contributed by atoms with Gasteiger partial charge in [-0.15, -0.1) is 24.0 Å². The molecule has 0 saturated heterocycles. The van der Waals surface area contributed by atoms with Gasteiger partial charge in [0.15, 0.2) is 5.96 Å². The van der Waals surface area contributed by atoms with Gasteiger partial charge in [0.2, 0.25) is 0 Å². The van der Waals surface area contributed by atoms with Crippen molar-refractivity contribution in [3.05, 3.63) is 65.0 Å². The lowest BCUT2D eigenvalue weighted by molar-refractivity contribution is 0.408. The van der Waals surface area contributed by atoms with Crippen LogP contribution in [0, 0.1) is 12.7 Å². The standard InChI is InChI=1S/C18H22FN3O.HI/c1-13-7-8-15(17(9-13)23-3)12-22-18(20-2)21-11-14-5-4-6-16(19)10-14;/h4-10H,11-12H2,1-3H3,(H2,20,21,22);1H. The Bertz CT molecular complexity index is 692. The van der Waals surface area contributed by atoms with Crippen molar-refractivity contribution in [3.63, 3.8) is 0 Å². The molecular formula is C18H23FIN3O. The molecule has 4 nitrogen and oxygen atoms in total. The quantitative estimate of drug-likeness (QED) is 0.422. The highest BCUT2D eigenvalue weighted by Gasteiger charge is 2.05. The lowest BCUT2D eigenvalue weighted by atomic mass is 10.1. The minimum Gasteiger partial charge on any atom is -0.496 e. The molecule has 0 heterocycles. The van der Waals surface area contributed by atoms with Gasteiger partial charge < -0.3 is 15.4 Å². The highest BCUT2D eigenvalue weighted by molar-refractivity contribution is 14.0. The number of aryl methyl sites for hydroxylation is 1. The Morgan fingerprint density at radius 3 is 2.54 bits per heavy atom. The molecule has 2 aromatic carbocycles. The Labute approximate surface area is 159 Å². The molecule has 0 amide bonds. The number of methoxy groups -OCH3 is 1. The fraction of sp³-hybridized carbons (Fsp3) is 0.278. The number of hydrogen-bond donors (Lipinski definition) is 2. The van der Waals surface area contributed by atoms with Crippen molar-refractivity contribution < 1.29 is 9.13 Å². The molecule has 0 radical (unpaired) electrons. The summed E-state index contributed by atoms with van der Waals surface area (Å²) in [6, 6.07) is 12.6. The molecule has 0 bridgehead atoms. The van der Waals surface area contributed by atoms with E-state index >= 15 is 0 Å². The van der Waals surface area contributed by atoms with Crippen LogP contribution < -0.4 is 15.4 Å². The summed E-state index contributed by atoms with van der Waals surface area (Å²) in [6.45, 7) is 3.12. The molecule has 2 N–H and O–H groups in total. The molecule has 0 aliphatic rings. The Morgan fingerprint density at radius 1 is 1.12 bits per heavy atom. The normalized spacial score (nSPS) is 10.8. The van der Waals surface area contributed by atoms with Crippen molar-refractivity contribution >= 4 is 29.9 Å². The number of ether oxygens (including phenoxy) is 1. The molecule has 2 aromatic rings. The predicted molar refractivity (Wildman–Crippen MR) is 107 cm³/mol. The zero-order valence-electron chi connectivity index (χ0n) is 14.1. The average Bonchev–Trinajstić information content (AvgIpc) is 2.56. The topological polar surface area (TPSA) is 45.7 Å². The maximum absolute atomic E-state index is 13.2. The highest BCUT2D eigenvalue weighted by Crippen LogP contribution is 2.19. The van der Waals surface area contributed by atoms with Crippen LogP contribution in [0.15, 0.2) is 47.5 Å². The molecule has 0 fully saturated rings. The van der Waals surface area contributed by atoms with Gasteiger partial charge in [0.1, 0.15) is 11.6 Å². The Morgan fingerprint density at radius 2 is 1.88 bits per heavy atom. The number of guanidine groups is 1. The lowest BCUT2D eigenvalue weighted by Gasteiger charge is -2.14. The van der Waals surface area contributed by atoms with E-state index in [9.17, 15) is 4.39 Å². The van der Waals surface area contributed by atoms with Crippen LogP contribution in [-0.4, -0.2) is 20.1 Å². The second-order valence-corrected chi connectivity index (χ2v) is 5.22. The number of aliphatic imine (C=N–C) groups is 1. The number of rotatable bonds is 5. The van der Waals surface area contributed by atoms with Crippen LogP contribution in [-0.2, 0) is 13.1 Å². The average molecular weight is 443 g/mol. The summed E-state index contributed by atoms with van der Waals surface area (Å²) >= 11 is 0. The van der Waals surface area contributed by atoms with Crippen LogP contribution in [0.5, 0.6) is 5.75 Å². The van der Waals surface area contributed by atoms with E-state index in [0.717, 1.165) is 22.4 Å². The number of nitrogens with one attached hydrogen (secondary N) is 2. The molecule has 0 atom stereocenters. The van der Waals surface area contributed by atoms with Gasteiger partial charge >= 0.3 is 0 Å². The third-order valence-electron chi connectivity index (χ3n) is 3.46. The van der Waals surface area contributed by atoms with Gasteiger partial charge in [-0.1, -0.05) is 24.3 Å². The summed E-state index contributed by atoms with van der Waals surface area (Å²) in [5.41, 5.74) is 3.06. The zero-order chi connectivity index (χ0) is 16.7. The van der Waals surface area contributed by atoms with E-state index in [-0.39, 0.29) is 29.8 Å². The first-order valence-electron chi connectivity index (χ1n) is 7.45. The van der Waals surface area contributed by atoms with Gasteiger partial charge in [-0.25, -0.2) is 4.39 Å². The molecule has 0 unspecified atom stereocenters. The monoisotopic (exact) mass is 443 g/mol. The van der Waals surface area contributed by atoms with Gasteiger partial charge in [-0.3, -0.25) is 4.99 Å². The molecule has 0 aliphatic heterocycles. The number of hydrogen-bond acceptors (Lipinski definition) is 2. The second-order valence-electron chi connectivity index (χ2n) is 5.22. The predicted octanol–water partition coefficient (Wildman–Crippen LogP) is 3.63. The molecule has 0 spiro atoms. The second kappa shape index (κ2) is 10.1. The summed E-state index contributed by atoms with van der Waals surface area (Å²) in [5.74, 6) is 1.26. The van der Waals surface area contributed by atoms with E-state index in [4.69, 9.17) is 4.74 Å². The van der Waals surface area contributed by atoms with Crippen LogP contribution in [0.4, 0.5) is 4.39 Å². The summed E-state index contributed by atoms with van der Waals surface area (Å²) in [6.07, 6.45) is 0. The maximum Gasteiger partial charge on any atom is 0.191 e. The largest absolute Gasteiger partial charge is 0.496 e. The molecule has 0 aromatic heterocycles. The van der Waals surface area contributed by atoms with E-state index in [0.29, 0.717) is 19.0 Å². The fourth-order valence-corrected chi connectivity index (χ4v) is 2.23. The molecular weight excluding hydrogens is 420 g/mol. The van der Waals surface area contributed by atoms with Gasteiger partial charge in [0.05, 0.1) is 7.11 Å². The summed E-state index contributed by atoms with van der Waals surface area (Å²) < 4.78 is 18.6. The van der Waals surface area contributed by atoms with Crippen molar-refractivity contribution in [2.75, 3.05) is 14.2 Å². The van der Waals surface area contributed by atoms with E-state index < -0.39 is 0 Å². The number of benzene rings is 2. The Hall–Kier alpha value is -1.83. The Balaban J connectivity index is 0.00000288. The summed E-state index contributed by atoms with van der Waals surface area (Å²) in [4.78, 5) is 4.17. The van der Waals surface area contributed by atoms with E-state index in [1.165, 1.54) is 12.1 Å². The molecule has 0 saturated carbocycles. The van der Waals surface area contributed by atoms with Crippen LogP contribution >= 0.6 is 24.0 Å². The first kappa shape index (κ1) is 20.2. The molecule has 6 heteroatoms. The minimum absolute atomic E-state index is 0. The minimum atomic E-state index is -0.239. The first-order chi connectivity index (χ1) is 11.1. The van der Waals surface area contributed by atoms with Crippen LogP contribution in [0.3, 0.4) is 0 Å². The summed E-state index contributed by atoms with van der Waals surface area (Å²) in [7, 11) is 3.36. The van der Waals surface area contributed by atoms with Crippen molar-refractivity contribution in [1.82, 2.24) is 10.6 Å².